The average molecular weight is 277 g/mol. The van der Waals surface area contributed by atoms with Gasteiger partial charge in [-0.05, 0) is 25.1 Å². The van der Waals surface area contributed by atoms with Crippen LogP contribution in [0.4, 0.5) is 0 Å². The number of hydrogen-bond acceptors (Lipinski definition) is 4. The van der Waals surface area contributed by atoms with Crippen LogP contribution in [0.5, 0.6) is 0 Å². The molecule has 0 unspecified atom stereocenters. The Labute approximate surface area is 118 Å². The maximum Gasteiger partial charge on any atom is 0.338 e. The zero-order chi connectivity index (χ0) is 14.5. The SMILES string of the molecule is CCCN1CCN(C(=O)c2ncccc2C(=O)O)CC1. The van der Waals surface area contributed by atoms with Gasteiger partial charge < -0.3 is 10.0 Å². The van der Waals surface area contributed by atoms with Gasteiger partial charge in [-0.2, -0.15) is 0 Å². The standard InChI is InChI=1S/C14H19N3O3/c1-2-6-16-7-9-17(10-8-16)13(18)12-11(14(19)20)4-3-5-15-12/h3-5H,2,6-10H2,1H3,(H,19,20). The van der Waals surface area contributed by atoms with Crippen molar-refractivity contribution in [2.24, 2.45) is 0 Å². The van der Waals surface area contributed by atoms with Gasteiger partial charge in [-0.25, -0.2) is 4.79 Å². The van der Waals surface area contributed by atoms with Crippen LogP contribution in [0.2, 0.25) is 0 Å². The number of carbonyl (C=O) groups excluding carboxylic acids is 1. The monoisotopic (exact) mass is 277 g/mol. The summed E-state index contributed by atoms with van der Waals surface area (Å²) in [6.07, 6.45) is 2.55. The lowest BCUT2D eigenvalue weighted by molar-refractivity contribution is 0.0610. The van der Waals surface area contributed by atoms with Gasteiger partial charge >= 0.3 is 5.97 Å². The van der Waals surface area contributed by atoms with Gasteiger partial charge in [0.2, 0.25) is 0 Å². The van der Waals surface area contributed by atoms with Gasteiger partial charge in [0.25, 0.3) is 5.91 Å². The van der Waals surface area contributed by atoms with Crippen LogP contribution in [0.25, 0.3) is 0 Å². The van der Waals surface area contributed by atoms with E-state index in [1.54, 1.807) is 4.90 Å². The molecule has 1 saturated heterocycles. The van der Waals surface area contributed by atoms with E-state index in [0.717, 1.165) is 26.1 Å². The van der Waals surface area contributed by atoms with Crippen molar-refractivity contribution in [2.45, 2.75) is 13.3 Å². The first-order valence-corrected chi connectivity index (χ1v) is 6.83. The number of rotatable bonds is 4. The van der Waals surface area contributed by atoms with E-state index in [9.17, 15) is 9.59 Å². The van der Waals surface area contributed by atoms with E-state index in [1.165, 1.54) is 18.3 Å². The molecule has 108 valence electrons. The summed E-state index contributed by atoms with van der Waals surface area (Å²) >= 11 is 0. The van der Waals surface area contributed by atoms with E-state index < -0.39 is 5.97 Å². The first-order valence-electron chi connectivity index (χ1n) is 6.83. The second kappa shape index (κ2) is 6.47. The third-order valence-electron chi connectivity index (χ3n) is 3.44. The molecule has 1 fully saturated rings. The Morgan fingerprint density at radius 3 is 2.60 bits per heavy atom. The number of hydrogen-bond donors (Lipinski definition) is 1. The van der Waals surface area contributed by atoms with Gasteiger partial charge in [0, 0.05) is 32.4 Å². The Morgan fingerprint density at radius 1 is 1.30 bits per heavy atom. The average Bonchev–Trinajstić information content (AvgIpc) is 2.47. The van der Waals surface area contributed by atoms with E-state index >= 15 is 0 Å². The number of amides is 1. The van der Waals surface area contributed by atoms with Crippen LogP contribution in [-0.4, -0.2) is 64.5 Å². The van der Waals surface area contributed by atoms with Crippen LogP contribution in [0.3, 0.4) is 0 Å². The predicted octanol–water partition coefficient (Wildman–Crippen LogP) is 0.948. The lowest BCUT2D eigenvalue weighted by Crippen LogP contribution is -2.49. The molecule has 20 heavy (non-hydrogen) atoms. The lowest BCUT2D eigenvalue weighted by Gasteiger charge is -2.34. The molecule has 0 radical (unpaired) electrons. The zero-order valence-corrected chi connectivity index (χ0v) is 11.6. The molecule has 0 atom stereocenters. The van der Waals surface area contributed by atoms with Crippen molar-refractivity contribution in [3.63, 3.8) is 0 Å². The van der Waals surface area contributed by atoms with Crippen molar-refractivity contribution >= 4 is 11.9 Å². The Kier molecular flexibility index (Phi) is 4.68. The second-order valence-electron chi connectivity index (χ2n) is 4.84. The molecule has 1 aromatic rings. The number of aromatic nitrogens is 1. The molecule has 2 rings (SSSR count). The van der Waals surface area contributed by atoms with Crippen LogP contribution < -0.4 is 0 Å². The summed E-state index contributed by atoms with van der Waals surface area (Å²) in [6, 6.07) is 2.94. The van der Waals surface area contributed by atoms with Crippen molar-refractivity contribution in [2.75, 3.05) is 32.7 Å². The van der Waals surface area contributed by atoms with Crippen LogP contribution in [0.15, 0.2) is 18.3 Å². The van der Waals surface area contributed by atoms with Gasteiger partial charge in [-0.15, -0.1) is 0 Å². The van der Waals surface area contributed by atoms with Gasteiger partial charge in [-0.3, -0.25) is 14.7 Å². The highest BCUT2D eigenvalue weighted by Crippen LogP contribution is 2.11. The molecule has 0 saturated carbocycles. The number of aromatic carboxylic acids is 1. The smallest absolute Gasteiger partial charge is 0.338 e. The summed E-state index contributed by atoms with van der Waals surface area (Å²) in [4.78, 5) is 31.4. The number of carboxylic acids is 1. The third-order valence-corrected chi connectivity index (χ3v) is 3.44. The Hall–Kier alpha value is -1.95. The number of piperazine rings is 1. The van der Waals surface area contributed by atoms with E-state index in [0.29, 0.717) is 13.1 Å². The Bertz CT molecular complexity index is 496. The van der Waals surface area contributed by atoms with Gasteiger partial charge in [0.1, 0.15) is 5.69 Å². The molecule has 2 heterocycles. The molecule has 6 nitrogen and oxygen atoms in total. The third kappa shape index (κ3) is 3.14. The topological polar surface area (TPSA) is 73.7 Å². The fourth-order valence-corrected chi connectivity index (χ4v) is 2.39. The van der Waals surface area contributed by atoms with Gasteiger partial charge in [0.15, 0.2) is 0 Å². The zero-order valence-electron chi connectivity index (χ0n) is 11.6. The number of carboxylic acid groups (broad SMARTS) is 1. The number of carbonyl (C=O) groups is 2. The molecule has 0 spiro atoms. The van der Waals surface area contributed by atoms with Crippen molar-refractivity contribution in [1.29, 1.82) is 0 Å². The molecule has 1 aromatic heterocycles. The first-order chi connectivity index (χ1) is 9.63. The van der Waals surface area contributed by atoms with Crippen molar-refractivity contribution in [1.82, 2.24) is 14.8 Å². The maximum atomic E-state index is 12.4. The first kappa shape index (κ1) is 14.5. The highest BCUT2D eigenvalue weighted by Gasteiger charge is 2.25. The summed E-state index contributed by atoms with van der Waals surface area (Å²) in [6.45, 7) is 6.06. The highest BCUT2D eigenvalue weighted by molar-refractivity contribution is 6.03. The molecule has 6 heteroatoms. The quantitative estimate of drug-likeness (QED) is 0.887. The van der Waals surface area contributed by atoms with Crippen molar-refractivity contribution in [3.8, 4) is 0 Å². The van der Waals surface area contributed by atoms with Gasteiger partial charge in [0.05, 0.1) is 5.56 Å². The van der Waals surface area contributed by atoms with Crippen molar-refractivity contribution in [3.05, 3.63) is 29.6 Å². The minimum atomic E-state index is -1.12. The van der Waals surface area contributed by atoms with Crippen molar-refractivity contribution < 1.29 is 14.7 Å². The van der Waals surface area contributed by atoms with Crippen LogP contribution in [0, 0.1) is 0 Å². The molecule has 0 aromatic carbocycles. The molecular weight excluding hydrogens is 258 g/mol. The van der Waals surface area contributed by atoms with E-state index in [-0.39, 0.29) is 17.2 Å². The molecule has 1 aliphatic rings. The Balaban J connectivity index is 2.08. The van der Waals surface area contributed by atoms with Crippen LogP contribution >= 0.6 is 0 Å². The van der Waals surface area contributed by atoms with Crippen LogP contribution in [-0.2, 0) is 0 Å². The highest BCUT2D eigenvalue weighted by atomic mass is 16.4. The predicted molar refractivity (Wildman–Crippen MR) is 73.8 cm³/mol. The lowest BCUT2D eigenvalue weighted by atomic mass is 10.1. The normalized spacial score (nSPS) is 16.1. The number of pyridine rings is 1. The molecule has 0 bridgehead atoms. The number of nitrogens with zero attached hydrogens (tertiary/aromatic N) is 3. The molecular formula is C14H19N3O3. The molecule has 1 N–H and O–H groups in total. The minimum Gasteiger partial charge on any atom is -0.478 e. The minimum absolute atomic E-state index is 0.0314. The summed E-state index contributed by atoms with van der Waals surface area (Å²) in [5.74, 6) is -1.41. The summed E-state index contributed by atoms with van der Waals surface area (Å²) < 4.78 is 0. The summed E-state index contributed by atoms with van der Waals surface area (Å²) in [5.41, 5.74) is -0.00238. The molecule has 0 aliphatic carbocycles. The van der Waals surface area contributed by atoms with Crippen LogP contribution in [0.1, 0.15) is 34.2 Å². The van der Waals surface area contributed by atoms with E-state index in [2.05, 4.69) is 16.8 Å². The molecule has 1 amide bonds. The fraction of sp³-hybridized carbons (Fsp3) is 0.500. The molecule has 1 aliphatic heterocycles. The summed E-state index contributed by atoms with van der Waals surface area (Å²) in [7, 11) is 0. The van der Waals surface area contributed by atoms with E-state index in [4.69, 9.17) is 5.11 Å². The Morgan fingerprint density at radius 2 is 2.00 bits per heavy atom. The maximum absolute atomic E-state index is 12.4. The summed E-state index contributed by atoms with van der Waals surface area (Å²) in [5, 5.41) is 9.11. The fourth-order valence-electron chi connectivity index (χ4n) is 2.39. The van der Waals surface area contributed by atoms with E-state index in [1.807, 2.05) is 0 Å². The second-order valence-corrected chi connectivity index (χ2v) is 4.84. The largest absolute Gasteiger partial charge is 0.478 e. The van der Waals surface area contributed by atoms with Gasteiger partial charge in [-0.1, -0.05) is 6.92 Å².